The van der Waals surface area contributed by atoms with Gasteiger partial charge < -0.3 is 9.94 Å². The Bertz CT molecular complexity index is 343. The number of nitrogens with zero attached hydrogens (tertiary/aromatic N) is 1. The quantitative estimate of drug-likeness (QED) is 0.470. The molecule has 0 aliphatic heterocycles. The second-order valence-corrected chi connectivity index (χ2v) is 3.93. The Morgan fingerprint density at radius 2 is 2.00 bits per heavy atom. The molecule has 0 aromatic heterocycles. The highest BCUT2D eigenvalue weighted by Crippen LogP contribution is 2.15. The Morgan fingerprint density at radius 3 is 2.50 bits per heavy atom. The minimum absolute atomic E-state index is 0.239. The zero-order valence-electron chi connectivity index (χ0n) is 10.1. The minimum atomic E-state index is 0.239. The summed E-state index contributed by atoms with van der Waals surface area (Å²) in [6.07, 6.45) is 2.41. The van der Waals surface area contributed by atoms with E-state index in [1.54, 1.807) is 6.92 Å². The molecule has 0 bridgehead atoms. The second-order valence-electron chi connectivity index (χ2n) is 3.93. The van der Waals surface area contributed by atoms with Crippen LogP contribution in [0.2, 0.25) is 0 Å². The van der Waals surface area contributed by atoms with Crippen LogP contribution < -0.4 is 4.74 Å². The largest absolute Gasteiger partial charge is 0.491 e. The first kappa shape index (κ1) is 12.6. The lowest BCUT2D eigenvalue weighted by atomic mass is 10.1. The fraction of sp³-hybridized carbons (Fsp3) is 0.462. The lowest BCUT2D eigenvalue weighted by Gasteiger charge is -2.13. The summed E-state index contributed by atoms with van der Waals surface area (Å²) in [6.45, 7) is 5.97. The van der Waals surface area contributed by atoms with E-state index in [9.17, 15) is 0 Å². The molecule has 3 heteroatoms. The molecule has 3 nitrogen and oxygen atoms in total. The number of rotatable bonds is 5. The van der Waals surface area contributed by atoms with Crippen LogP contribution in [-0.2, 0) is 0 Å². The molecule has 1 aromatic rings. The highest BCUT2D eigenvalue weighted by Gasteiger charge is 2.03. The lowest BCUT2D eigenvalue weighted by molar-refractivity contribution is 0.210. The third-order valence-electron chi connectivity index (χ3n) is 2.45. The Kier molecular flexibility index (Phi) is 4.83. The molecule has 16 heavy (non-hydrogen) atoms. The summed E-state index contributed by atoms with van der Waals surface area (Å²) in [5.41, 5.74) is 1.51. The van der Waals surface area contributed by atoms with Crippen LogP contribution in [0.1, 0.15) is 39.2 Å². The van der Waals surface area contributed by atoms with Crippen LogP contribution in [0, 0.1) is 0 Å². The van der Waals surface area contributed by atoms with Crippen LogP contribution in [0.5, 0.6) is 5.75 Å². The first-order chi connectivity index (χ1) is 7.67. The van der Waals surface area contributed by atoms with Gasteiger partial charge in [0, 0.05) is 0 Å². The van der Waals surface area contributed by atoms with Crippen molar-refractivity contribution >= 4 is 5.71 Å². The molecule has 0 saturated carbocycles. The van der Waals surface area contributed by atoms with Crippen molar-refractivity contribution in [3.8, 4) is 5.75 Å². The van der Waals surface area contributed by atoms with E-state index in [2.05, 4.69) is 19.0 Å². The van der Waals surface area contributed by atoms with E-state index >= 15 is 0 Å². The van der Waals surface area contributed by atoms with Crippen molar-refractivity contribution in [2.45, 2.75) is 39.7 Å². The SMILES string of the molecule is CCCC(C)Oc1ccc(/C(C)=N/O)cc1. The van der Waals surface area contributed by atoms with Crippen molar-refractivity contribution in [1.29, 1.82) is 0 Å². The smallest absolute Gasteiger partial charge is 0.119 e. The zero-order chi connectivity index (χ0) is 12.0. The molecule has 0 fully saturated rings. The summed E-state index contributed by atoms with van der Waals surface area (Å²) >= 11 is 0. The average Bonchev–Trinajstić information content (AvgIpc) is 2.29. The molecule has 0 radical (unpaired) electrons. The van der Waals surface area contributed by atoms with Crippen molar-refractivity contribution < 1.29 is 9.94 Å². The molecule has 0 aliphatic carbocycles. The van der Waals surface area contributed by atoms with Crippen molar-refractivity contribution in [2.24, 2.45) is 5.16 Å². The van der Waals surface area contributed by atoms with E-state index in [0.717, 1.165) is 24.2 Å². The zero-order valence-corrected chi connectivity index (χ0v) is 10.1. The molecule has 0 spiro atoms. The summed E-state index contributed by atoms with van der Waals surface area (Å²) in [7, 11) is 0. The van der Waals surface area contributed by atoms with Gasteiger partial charge in [0.05, 0.1) is 11.8 Å². The standard InChI is InChI=1S/C13H19NO2/c1-4-5-10(2)16-13-8-6-12(7-9-13)11(3)14-15/h6-10,15H,4-5H2,1-3H3/b14-11+. The fourth-order valence-corrected chi connectivity index (χ4v) is 1.53. The number of oxime groups is 1. The van der Waals surface area contributed by atoms with Crippen LogP contribution in [0.4, 0.5) is 0 Å². The Labute approximate surface area is 96.7 Å². The summed E-state index contributed by atoms with van der Waals surface area (Å²) in [5.74, 6) is 0.857. The van der Waals surface area contributed by atoms with Crippen molar-refractivity contribution in [3.63, 3.8) is 0 Å². The van der Waals surface area contributed by atoms with Crippen LogP contribution in [0.25, 0.3) is 0 Å². The number of ether oxygens (including phenoxy) is 1. The highest BCUT2D eigenvalue weighted by molar-refractivity contribution is 5.98. The van der Waals surface area contributed by atoms with Gasteiger partial charge in [-0.1, -0.05) is 18.5 Å². The van der Waals surface area contributed by atoms with Crippen LogP contribution in [0.3, 0.4) is 0 Å². The van der Waals surface area contributed by atoms with Crippen molar-refractivity contribution in [1.82, 2.24) is 0 Å². The van der Waals surface area contributed by atoms with Gasteiger partial charge in [0.1, 0.15) is 5.75 Å². The summed E-state index contributed by atoms with van der Waals surface area (Å²) < 4.78 is 5.72. The molecule has 1 unspecified atom stereocenters. The summed E-state index contributed by atoms with van der Waals surface area (Å²) in [4.78, 5) is 0. The molecule has 0 saturated heterocycles. The van der Waals surface area contributed by atoms with E-state index < -0.39 is 0 Å². The van der Waals surface area contributed by atoms with Crippen LogP contribution in [0.15, 0.2) is 29.4 Å². The lowest BCUT2D eigenvalue weighted by Crippen LogP contribution is -2.10. The average molecular weight is 221 g/mol. The Hall–Kier alpha value is -1.51. The second kappa shape index (κ2) is 6.16. The predicted octanol–water partition coefficient (Wildman–Crippen LogP) is 3.45. The Balaban J connectivity index is 2.64. The van der Waals surface area contributed by atoms with Gasteiger partial charge in [0.2, 0.25) is 0 Å². The number of hydrogen-bond acceptors (Lipinski definition) is 3. The Morgan fingerprint density at radius 1 is 1.38 bits per heavy atom. The van der Waals surface area contributed by atoms with Crippen molar-refractivity contribution in [3.05, 3.63) is 29.8 Å². The van der Waals surface area contributed by atoms with Gasteiger partial charge in [0.25, 0.3) is 0 Å². The molecule has 88 valence electrons. The maximum Gasteiger partial charge on any atom is 0.119 e. The monoisotopic (exact) mass is 221 g/mol. The molecule has 0 amide bonds. The molecule has 0 heterocycles. The van der Waals surface area contributed by atoms with Gasteiger partial charge in [0.15, 0.2) is 0 Å². The summed E-state index contributed by atoms with van der Waals surface area (Å²) in [6, 6.07) is 7.58. The van der Waals surface area contributed by atoms with Gasteiger partial charge in [-0.2, -0.15) is 0 Å². The van der Waals surface area contributed by atoms with Gasteiger partial charge in [-0.3, -0.25) is 0 Å². The van der Waals surface area contributed by atoms with Gasteiger partial charge in [-0.15, -0.1) is 0 Å². The first-order valence-electron chi connectivity index (χ1n) is 5.63. The summed E-state index contributed by atoms with van der Waals surface area (Å²) in [5, 5.41) is 11.8. The third-order valence-corrected chi connectivity index (χ3v) is 2.45. The highest BCUT2D eigenvalue weighted by atomic mass is 16.5. The van der Waals surface area contributed by atoms with E-state index in [1.165, 1.54) is 0 Å². The maximum absolute atomic E-state index is 8.63. The van der Waals surface area contributed by atoms with Gasteiger partial charge in [-0.05, 0) is 50.1 Å². The molecule has 1 rings (SSSR count). The van der Waals surface area contributed by atoms with E-state index in [1.807, 2.05) is 24.3 Å². The van der Waals surface area contributed by atoms with E-state index in [-0.39, 0.29) is 6.10 Å². The fourth-order valence-electron chi connectivity index (χ4n) is 1.53. The third kappa shape index (κ3) is 3.57. The molecular weight excluding hydrogens is 202 g/mol. The molecule has 1 atom stereocenters. The molecule has 1 N–H and O–H groups in total. The van der Waals surface area contributed by atoms with Gasteiger partial charge in [-0.25, -0.2) is 0 Å². The molecule has 0 aliphatic rings. The van der Waals surface area contributed by atoms with Gasteiger partial charge >= 0.3 is 0 Å². The molecule has 1 aromatic carbocycles. The van der Waals surface area contributed by atoms with Crippen LogP contribution in [-0.4, -0.2) is 17.0 Å². The normalized spacial score (nSPS) is 13.6. The predicted molar refractivity (Wildman–Crippen MR) is 65.4 cm³/mol. The number of benzene rings is 1. The minimum Gasteiger partial charge on any atom is -0.491 e. The first-order valence-corrected chi connectivity index (χ1v) is 5.63. The van der Waals surface area contributed by atoms with E-state index in [0.29, 0.717) is 5.71 Å². The van der Waals surface area contributed by atoms with Crippen LogP contribution >= 0.6 is 0 Å². The maximum atomic E-state index is 8.63. The van der Waals surface area contributed by atoms with E-state index in [4.69, 9.17) is 9.94 Å². The van der Waals surface area contributed by atoms with Crippen molar-refractivity contribution in [2.75, 3.05) is 0 Å². The molecular formula is C13H19NO2. The topological polar surface area (TPSA) is 41.8 Å². The number of hydrogen-bond donors (Lipinski definition) is 1.